The lowest BCUT2D eigenvalue weighted by atomic mass is 10.1. The van der Waals surface area contributed by atoms with Crippen molar-refractivity contribution < 1.29 is 12.8 Å². The molecule has 0 spiro atoms. The lowest BCUT2D eigenvalue weighted by Crippen LogP contribution is -2.14. The van der Waals surface area contributed by atoms with Crippen LogP contribution in [0.3, 0.4) is 0 Å². The fourth-order valence-corrected chi connectivity index (χ4v) is 5.48. The highest BCUT2D eigenvalue weighted by atomic mass is 32.2. The molecule has 1 aliphatic heterocycles. The Kier molecular flexibility index (Phi) is 3.31. The highest BCUT2D eigenvalue weighted by Crippen LogP contribution is 2.41. The minimum absolute atomic E-state index is 0.0844. The van der Waals surface area contributed by atoms with Gasteiger partial charge in [0.25, 0.3) is 0 Å². The van der Waals surface area contributed by atoms with E-state index >= 15 is 0 Å². The maximum atomic E-state index is 14.2. The number of fused-ring (bicyclic) bond motifs is 1. The van der Waals surface area contributed by atoms with Crippen molar-refractivity contribution in [3.63, 3.8) is 0 Å². The molecule has 1 aromatic carbocycles. The van der Waals surface area contributed by atoms with Crippen LogP contribution >= 0.6 is 0 Å². The number of halogens is 1. The van der Waals surface area contributed by atoms with Crippen LogP contribution in [-0.2, 0) is 9.84 Å². The Morgan fingerprint density at radius 1 is 1.27 bits per heavy atom. The Balaban J connectivity index is 1.69. The first-order chi connectivity index (χ1) is 12.4. The second-order valence-corrected chi connectivity index (χ2v) is 9.59. The molecule has 3 heterocycles. The molecule has 3 aromatic rings. The summed E-state index contributed by atoms with van der Waals surface area (Å²) in [5, 5.41) is 5.46. The lowest BCUT2D eigenvalue weighted by Gasteiger charge is -2.11. The molecule has 1 N–H and O–H groups in total. The number of hydrogen-bond donors (Lipinski definition) is 1. The van der Waals surface area contributed by atoms with E-state index in [0.717, 1.165) is 29.6 Å². The molecule has 0 amide bonds. The van der Waals surface area contributed by atoms with Crippen LogP contribution in [0.25, 0.3) is 22.4 Å². The third kappa shape index (κ3) is 2.46. The molecule has 2 fully saturated rings. The third-order valence-electron chi connectivity index (χ3n) is 5.41. The van der Waals surface area contributed by atoms with Gasteiger partial charge in [-0.05, 0) is 37.8 Å². The van der Waals surface area contributed by atoms with E-state index in [0.29, 0.717) is 29.4 Å². The predicted octanol–water partition coefficient (Wildman–Crippen LogP) is 3.11. The van der Waals surface area contributed by atoms with Gasteiger partial charge in [0.2, 0.25) is 0 Å². The van der Waals surface area contributed by atoms with Gasteiger partial charge in [-0.25, -0.2) is 22.5 Å². The van der Waals surface area contributed by atoms with Crippen LogP contribution in [0.1, 0.15) is 42.6 Å². The number of aromatic nitrogens is 4. The first-order valence-corrected chi connectivity index (χ1v) is 10.7. The number of benzene rings is 1. The number of nitrogens with one attached hydrogen (secondary N) is 1. The Morgan fingerprint density at radius 3 is 2.73 bits per heavy atom. The summed E-state index contributed by atoms with van der Waals surface area (Å²) in [6, 6.07) is 4.76. The molecule has 2 aliphatic rings. The monoisotopic (exact) mass is 374 g/mol. The van der Waals surface area contributed by atoms with Crippen molar-refractivity contribution in [3.8, 4) is 11.5 Å². The van der Waals surface area contributed by atoms with E-state index in [-0.39, 0.29) is 23.4 Å². The smallest absolute Gasteiger partial charge is 0.175 e. The normalized spacial score (nSPS) is 22.3. The highest BCUT2D eigenvalue weighted by Gasteiger charge is 2.35. The van der Waals surface area contributed by atoms with Crippen LogP contribution in [0.15, 0.2) is 18.2 Å². The summed E-state index contributed by atoms with van der Waals surface area (Å²) < 4.78 is 39.8. The van der Waals surface area contributed by atoms with Gasteiger partial charge in [-0.15, -0.1) is 0 Å². The molecular formula is C18H19FN4O2S. The Bertz CT molecular complexity index is 1130. The molecule has 2 aromatic heterocycles. The van der Waals surface area contributed by atoms with Crippen LogP contribution in [0.4, 0.5) is 4.39 Å². The predicted molar refractivity (Wildman–Crippen MR) is 96.3 cm³/mol. The minimum atomic E-state index is -3.04. The minimum Gasteiger partial charge on any atom is -0.349 e. The van der Waals surface area contributed by atoms with Gasteiger partial charge in [0.05, 0.1) is 28.8 Å². The van der Waals surface area contributed by atoms with Crippen LogP contribution in [0.5, 0.6) is 0 Å². The molecule has 1 unspecified atom stereocenters. The molecule has 6 nitrogen and oxygen atoms in total. The van der Waals surface area contributed by atoms with E-state index in [1.807, 2.05) is 13.0 Å². The Labute approximate surface area is 150 Å². The number of nitrogens with zero attached hydrogens (tertiary/aromatic N) is 3. The summed E-state index contributed by atoms with van der Waals surface area (Å²) in [5.74, 6) is 1.69. The van der Waals surface area contributed by atoms with Gasteiger partial charge < -0.3 is 4.98 Å². The molecule has 1 saturated heterocycles. The van der Waals surface area contributed by atoms with Gasteiger partial charge in [0.15, 0.2) is 21.5 Å². The number of hydrogen-bond acceptors (Lipinski definition) is 4. The lowest BCUT2D eigenvalue weighted by molar-refractivity contribution is 0.499. The van der Waals surface area contributed by atoms with Crippen molar-refractivity contribution in [1.82, 2.24) is 19.7 Å². The van der Waals surface area contributed by atoms with Gasteiger partial charge in [-0.3, -0.25) is 0 Å². The van der Waals surface area contributed by atoms with Gasteiger partial charge in [0.1, 0.15) is 5.82 Å². The number of para-hydroxylation sites is 1. The van der Waals surface area contributed by atoms with E-state index in [9.17, 15) is 12.8 Å². The van der Waals surface area contributed by atoms with Gasteiger partial charge in [0, 0.05) is 11.3 Å². The maximum Gasteiger partial charge on any atom is 0.175 e. The number of H-pyrrole nitrogens is 1. The number of aromatic amines is 1. The second-order valence-electron chi connectivity index (χ2n) is 7.36. The zero-order chi connectivity index (χ0) is 18.1. The zero-order valence-corrected chi connectivity index (χ0v) is 15.2. The fraction of sp³-hybridized carbons (Fsp3) is 0.444. The summed E-state index contributed by atoms with van der Waals surface area (Å²) in [5.41, 5.74) is 2.06. The molecule has 0 bridgehead atoms. The molecule has 8 heteroatoms. The third-order valence-corrected chi connectivity index (χ3v) is 7.16. The van der Waals surface area contributed by atoms with E-state index in [1.54, 1.807) is 10.7 Å². The van der Waals surface area contributed by atoms with Crippen LogP contribution < -0.4 is 0 Å². The van der Waals surface area contributed by atoms with Crippen molar-refractivity contribution in [2.75, 3.05) is 11.5 Å². The quantitative estimate of drug-likeness (QED) is 0.764. The topological polar surface area (TPSA) is 80.6 Å². The largest absolute Gasteiger partial charge is 0.349 e. The SMILES string of the molecule is Cc1c(-c2nc(C3CC3)nn2C2CCS(=O)(=O)C2)[nH]c2c(F)cccc12. The van der Waals surface area contributed by atoms with E-state index < -0.39 is 9.84 Å². The number of aryl methyl sites for hydroxylation is 1. The number of rotatable bonds is 3. The molecule has 0 radical (unpaired) electrons. The highest BCUT2D eigenvalue weighted by molar-refractivity contribution is 7.91. The number of sulfone groups is 1. The van der Waals surface area contributed by atoms with Gasteiger partial charge in [-0.1, -0.05) is 12.1 Å². The van der Waals surface area contributed by atoms with Crippen molar-refractivity contribution >= 4 is 20.7 Å². The van der Waals surface area contributed by atoms with E-state index in [4.69, 9.17) is 4.98 Å². The summed E-state index contributed by atoms with van der Waals surface area (Å²) >= 11 is 0. The first-order valence-electron chi connectivity index (χ1n) is 8.87. The fourth-order valence-electron chi connectivity index (χ4n) is 3.79. The second kappa shape index (κ2) is 5.39. The van der Waals surface area contributed by atoms with Crippen LogP contribution in [0, 0.1) is 12.7 Å². The van der Waals surface area contributed by atoms with Crippen molar-refractivity contribution in [2.24, 2.45) is 0 Å². The first kappa shape index (κ1) is 16.0. The summed E-state index contributed by atoms with van der Waals surface area (Å²) in [6.07, 6.45) is 2.66. The maximum absolute atomic E-state index is 14.2. The van der Waals surface area contributed by atoms with Crippen LogP contribution in [0.2, 0.25) is 0 Å². The Hall–Kier alpha value is -2.22. The van der Waals surface area contributed by atoms with Crippen molar-refractivity contribution in [1.29, 1.82) is 0 Å². The van der Waals surface area contributed by atoms with Crippen molar-refractivity contribution in [2.45, 2.75) is 38.1 Å². The van der Waals surface area contributed by atoms with E-state index in [2.05, 4.69) is 10.1 Å². The Morgan fingerprint density at radius 2 is 2.08 bits per heavy atom. The summed E-state index contributed by atoms with van der Waals surface area (Å²) in [7, 11) is -3.04. The summed E-state index contributed by atoms with van der Waals surface area (Å²) in [4.78, 5) is 7.88. The molecule has 136 valence electrons. The average molecular weight is 374 g/mol. The summed E-state index contributed by atoms with van der Waals surface area (Å²) in [6.45, 7) is 1.93. The van der Waals surface area contributed by atoms with E-state index in [1.165, 1.54) is 6.07 Å². The zero-order valence-electron chi connectivity index (χ0n) is 14.4. The van der Waals surface area contributed by atoms with Gasteiger partial charge >= 0.3 is 0 Å². The van der Waals surface area contributed by atoms with Crippen molar-refractivity contribution in [3.05, 3.63) is 35.4 Å². The molecule has 26 heavy (non-hydrogen) atoms. The standard InChI is InChI=1S/C18H19FN4O2S/c1-10-13-3-2-4-14(19)16(13)20-15(10)18-21-17(11-5-6-11)22-23(18)12-7-8-26(24,25)9-12/h2-4,11-12,20H,5-9H2,1H3. The molecule has 5 rings (SSSR count). The molecular weight excluding hydrogens is 355 g/mol. The molecule has 1 saturated carbocycles. The van der Waals surface area contributed by atoms with Gasteiger partial charge in [-0.2, -0.15) is 5.10 Å². The molecule has 1 aliphatic carbocycles. The average Bonchev–Trinajstić information content (AvgIpc) is 3.12. The molecule has 1 atom stereocenters. The van der Waals surface area contributed by atoms with Crippen LogP contribution in [-0.4, -0.2) is 39.7 Å².